The van der Waals surface area contributed by atoms with Gasteiger partial charge in [-0.25, -0.2) is 27.3 Å². The first-order valence-electron chi connectivity index (χ1n) is 13.5. The third kappa shape index (κ3) is 4.17. The number of halogens is 4. The van der Waals surface area contributed by atoms with E-state index >= 15 is 8.78 Å². The normalized spacial score (nSPS) is 32.1. The van der Waals surface area contributed by atoms with Gasteiger partial charge < -0.3 is 19.9 Å². The van der Waals surface area contributed by atoms with E-state index in [0.29, 0.717) is 5.01 Å². The monoisotopic (exact) mass is 608 g/mol. The summed E-state index contributed by atoms with van der Waals surface area (Å²) in [4.78, 5) is 35.4. The lowest BCUT2D eigenvalue weighted by atomic mass is 9.56. The van der Waals surface area contributed by atoms with Crippen molar-refractivity contribution < 1.29 is 41.7 Å². The van der Waals surface area contributed by atoms with E-state index in [9.17, 15) is 23.5 Å². The van der Waals surface area contributed by atoms with Gasteiger partial charge in [-0.05, 0) is 37.5 Å². The molecule has 3 aliphatic heterocycles. The van der Waals surface area contributed by atoms with Crippen LogP contribution in [0.3, 0.4) is 0 Å². The van der Waals surface area contributed by atoms with Crippen LogP contribution < -0.4 is 5.32 Å². The summed E-state index contributed by atoms with van der Waals surface area (Å²) >= 11 is 1.25. The molecule has 1 aromatic heterocycles. The number of aliphatic carboxylic acids is 1. The van der Waals surface area contributed by atoms with Gasteiger partial charge in [-0.15, -0.1) is 11.3 Å². The molecule has 14 heteroatoms. The molecule has 2 saturated heterocycles. The molecule has 0 spiro atoms. The lowest BCUT2D eigenvalue weighted by Crippen LogP contribution is -2.68. The van der Waals surface area contributed by atoms with Crippen molar-refractivity contribution in [1.82, 2.24) is 15.2 Å². The van der Waals surface area contributed by atoms with Crippen molar-refractivity contribution in [3.63, 3.8) is 0 Å². The number of carboxylic acid groups (broad SMARTS) is 1. The number of ether oxygens (including phenoxy) is 2. The van der Waals surface area contributed by atoms with Gasteiger partial charge in [0.1, 0.15) is 6.04 Å². The molecule has 6 atom stereocenters. The molecule has 1 aliphatic carbocycles. The van der Waals surface area contributed by atoms with Crippen LogP contribution in [0.4, 0.5) is 17.6 Å². The van der Waals surface area contributed by atoms with Gasteiger partial charge in [-0.1, -0.05) is 6.07 Å². The minimum absolute atomic E-state index is 0.00298. The Morgan fingerprint density at radius 3 is 2.71 bits per heavy atom. The highest BCUT2D eigenvalue weighted by atomic mass is 32.1. The first-order valence-corrected chi connectivity index (χ1v) is 14.4. The Labute approximate surface area is 242 Å². The van der Waals surface area contributed by atoms with Gasteiger partial charge in [0, 0.05) is 29.7 Å². The van der Waals surface area contributed by atoms with Crippen molar-refractivity contribution >= 4 is 29.1 Å². The predicted molar refractivity (Wildman–Crippen MR) is 142 cm³/mol. The van der Waals surface area contributed by atoms with E-state index in [4.69, 9.17) is 9.47 Å². The number of morpholine rings is 1. The van der Waals surface area contributed by atoms with E-state index in [0.717, 1.165) is 6.07 Å². The van der Waals surface area contributed by atoms with E-state index < -0.39 is 65.4 Å². The number of hydrogen-bond donors (Lipinski definition) is 2. The largest absolute Gasteiger partial charge is 0.481 e. The van der Waals surface area contributed by atoms with Crippen LogP contribution in [-0.4, -0.2) is 82.6 Å². The molecule has 1 aromatic carbocycles. The second-order valence-corrected chi connectivity index (χ2v) is 11.8. The van der Waals surface area contributed by atoms with Crippen LogP contribution in [-0.2, 0) is 19.1 Å². The first-order chi connectivity index (χ1) is 20.0. The van der Waals surface area contributed by atoms with Crippen LogP contribution in [0, 0.1) is 24.5 Å². The number of hydrogen-bond acceptors (Lipinski definition) is 9. The Morgan fingerprint density at radius 2 is 2.02 bits per heavy atom. The second kappa shape index (κ2) is 10.4. The van der Waals surface area contributed by atoms with Crippen LogP contribution in [0.15, 0.2) is 40.0 Å². The van der Waals surface area contributed by atoms with Gasteiger partial charge >= 0.3 is 11.9 Å². The van der Waals surface area contributed by atoms with Crippen molar-refractivity contribution in [3.8, 4) is 0 Å². The molecule has 4 aliphatic rings. The highest BCUT2D eigenvalue weighted by Crippen LogP contribution is 2.65. The number of esters is 1. The molecule has 2 aromatic rings. The number of fused-ring (bicyclic) bond motifs is 5. The fourth-order valence-electron chi connectivity index (χ4n) is 6.91. The Morgan fingerprint density at radius 1 is 1.26 bits per heavy atom. The SMILES string of the molecule is CCOC(=O)C1=C(CN2C3COCC2C2(F)[C@H](CC(=O)O)CC32F)NC(c2nccs2)=N[C@H]1c1ccc(F)c(F)c1C. The summed E-state index contributed by atoms with van der Waals surface area (Å²) in [6, 6.07) is -1.03. The molecule has 1 saturated carbocycles. The lowest BCUT2D eigenvalue weighted by Gasteiger charge is -2.52. The van der Waals surface area contributed by atoms with Crippen molar-refractivity contribution in [3.05, 3.63) is 62.7 Å². The molecule has 9 nitrogen and oxygen atoms in total. The summed E-state index contributed by atoms with van der Waals surface area (Å²) in [5.74, 6) is -4.96. The maximum Gasteiger partial charge on any atom is 0.338 e. The molecule has 42 heavy (non-hydrogen) atoms. The van der Waals surface area contributed by atoms with Gasteiger partial charge in [-0.2, -0.15) is 0 Å². The fraction of sp³-hybridized carbons (Fsp3) is 0.500. The molecule has 2 bridgehead atoms. The Bertz CT molecular complexity index is 1500. The van der Waals surface area contributed by atoms with Gasteiger partial charge in [0.15, 0.2) is 33.8 Å². The summed E-state index contributed by atoms with van der Waals surface area (Å²) in [6.45, 7) is 2.52. The lowest BCUT2D eigenvalue weighted by molar-refractivity contribution is -0.174. The average molecular weight is 609 g/mol. The van der Waals surface area contributed by atoms with Crippen LogP contribution >= 0.6 is 11.3 Å². The molecule has 6 rings (SSSR count). The van der Waals surface area contributed by atoms with Gasteiger partial charge in [-0.3, -0.25) is 14.7 Å². The zero-order chi connectivity index (χ0) is 30.0. The topological polar surface area (TPSA) is 113 Å². The number of alkyl halides is 2. The number of carbonyl (C=O) groups excluding carboxylic acids is 1. The summed E-state index contributed by atoms with van der Waals surface area (Å²) in [5.41, 5.74) is -4.46. The predicted octanol–water partition coefficient (Wildman–Crippen LogP) is 3.63. The molecule has 224 valence electrons. The zero-order valence-electron chi connectivity index (χ0n) is 22.7. The summed E-state index contributed by atoms with van der Waals surface area (Å²) < 4.78 is 72.7. The van der Waals surface area contributed by atoms with Crippen LogP contribution in [0.1, 0.15) is 41.9 Å². The van der Waals surface area contributed by atoms with E-state index in [1.54, 1.807) is 23.4 Å². The van der Waals surface area contributed by atoms with E-state index in [1.165, 1.54) is 24.3 Å². The number of rotatable bonds is 8. The quantitative estimate of drug-likeness (QED) is 0.345. The maximum absolute atomic E-state index is 16.6. The van der Waals surface area contributed by atoms with Crippen molar-refractivity contribution in [1.29, 1.82) is 0 Å². The number of benzene rings is 1. The van der Waals surface area contributed by atoms with Crippen molar-refractivity contribution in [2.24, 2.45) is 10.9 Å². The highest BCUT2D eigenvalue weighted by molar-refractivity contribution is 7.11. The Hall–Kier alpha value is -3.36. The summed E-state index contributed by atoms with van der Waals surface area (Å²) in [5, 5.41) is 14.6. The van der Waals surface area contributed by atoms with Crippen molar-refractivity contribution in [2.75, 3.05) is 26.4 Å². The standard InChI is InChI=1S/C28H28F4N4O5S/c1-3-41-26(39)21-17(10-36-18-11-40-12-19(36)28(32)14(8-20(37)38)9-27(18,28)31)34-24(25-33-6-7-42-25)35-23(21)15-4-5-16(29)22(30)13(15)2/h4-7,14,18-19,23H,3,8-12H2,1-2H3,(H,34,35)(H,37,38)/t14-,18?,19?,23+,27?,28?/m1/s1. The van der Waals surface area contributed by atoms with Gasteiger partial charge in [0.25, 0.3) is 0 Å². The minimum Gasteiger partial charge on any atom is -0.481 e. The number of carboxylic acids is 1. The zero-order valence-corrected chi connectivity index (χ0v) is 23.5. The fourth-order valence-corrected chi connectivity index (χ4v) is 7.50. The maximum atomic E-state index is 16.6. The smallest absolute Gasteiger partial charge is 0.338 e. The number of amidine groups is 1. The second-order valence-electron chi connectivity index (χ2n) is 10.9. The first kappa shape index (κ1) is 28.7. The summed E-state index contributed by atoms with van der Waals surface area (Å²) in [7, 11) is 0. The summed E-state index contributed by atoms with van der Waals surface area (Å²) in [6.07, 6.45) is 0.761. The molecule has 2 N–H and O–H groups in total. The van der Waals surface area contributed by atoms with Gasteiger partial charge in [0.05, 0.1) is 43.9 Å². The molecule has 4 heterocycles. The Kier molecular flexibility index (Phi) is 7.13. The molecule has 3 fully saturated rings. The van der Waals surface area contributed by atoms with Crippen LogP contribution in [0.2, 0.25) is 0 Å². The number of nitrogens with zero attached hydrogens (tertiary/aromatic N) is 3. The molecular weight excluding hydrogens is 580 g/mol. The average Bonchev–Trinajstić information content (AvgIpc) is 3.51. The Balaban J connectivity index is 1.46. The van der Waals surface area contributed by atoms with E-state index in [-0.39, 0.29) is 61.0 Å². The van der Waals surface area contributed by atoms with Crippen LogP contribution in [0.25, 0.3) is 0 Å². The molecular formula is C28H28F4N4O5S. The number of nitrogens with one attached hydrogen (secondary N) is 1. The minimum atomic E-state index is -2.46. The van der Waals surface area contributed by atoms with E-state index in [1.807, 2.05) is 0 Å². The third-order valence-corrected chi connectivity index (χ3v) is 9.61. The third-order valence-electron chi connectivity index (χ3n) is 8.83. The molecule has 0 radical (unpaired) electrons. The highest BCUT2D eigenvalue weighted by Gasteiger charge is 2.81. The van der Waals surface area contributed by atoms with E-state index in [2.05, 4.69) is 15.3 Å². The van der Waals surface area contributed by atoms with Crippen molar-refractivity contribution in [2.45, 2.75) is 56.2 Å². The number of thiazole rings is 1. The molecule has 4 unspecified atom stereocenters. The van der Waals surface area contributed by atoms with Gasteiger partial charge in [0.2, 0.25) is 0 Å². The number of aromatic nitrogens is 1. The number of aliphatic imine (C=N–C) groups is 1. The number of carbonyl (C=O) groups is 2. The van der Waals surface area contributed by atoms with Crippen LogP contribution in [0.5, 0.6) is 0 Å². The molecule has 0 amide bonds.